The predicted molar refractivity (Wildman–Crippen MR) is 128 cm³/mol. The maximum atomic E-state index is 13.0. The molecule has 0 fully saturated rings. The molecule has 0 unspecified atom stereocenters. The quantitative estimate of drug-likeness (QED) is 0.545. The Bertz CT molecular complexity index is 1060. The third-order valence-corrected chi connectivity index (χ3v) is 5.42. The molecule has 1 amide bonds. The second kappa shape index (κ2) is 8.54. The van der Waals surface area contributed by atoms with Crippen LogP contribution in [0, 0.1) is 0 Å². The van der Waals surface area contributed by atoms with Gasteiger partial charge >= 0.3 is 6.18 Å². The zero-order valence-corrected chi connectivity index (χ0v) is 20.3. The molecular formula is C25H31BF3N3O. The molecule has 33 heavy (non-hydrogen) atoms. The summed E-state index contributed by atoms with van der Waals surface area (Å²) in [6, 6.07) is 8.26. The van der Waals surface area contributed by atoms with Crippen molar-refractivity contribution in [2.75, 3.05) is 0 Å². The Morgan fingerprint density at radius 3 is 2.09 bits per heavy atom. The average molecular weight is 457 g/mol. The van der Waals surface area contributed by atoms with E-state index >= 15 is 0 Å². The molecule has 4 nitrogen and oxygen atoms in total. The number of carbonyl (C=O) groups excluding carboxylic acids is 1. The average Bonchev–Trinajstić information content (AvgIpc) is 3.08. The van der Waals surface area contributed by atoms with Gasteiger partial charge in [0.25, 0.3) is 12.8 Å². The van der Waals surface area contributed by atoms with E-state index in [1.165, 1.54) is 12.1 Å². The summed E-state index contributed by atoms with van der Waals surface area (Å²) in [6.45, 7) is 14.5. The molecule has 1 aliphatic heterocycles. The summed E-state index contributed by atoms with van der Waals surface area (Å²) in [5.74, 6) is -0.256. The highest BCUT2D eigenvalue weighted by Crippen LogP contribution is 2.36. The van der Waals surface area contributed by atoms with Crippen LogP contribution in [0.15, 0.2) is 42.5 Å². The van der Waals surface area contributed by atoms with Crippen molar-refractivity contribution >= 4 is 18.5 Å². The van der Waals surface area contributed by atoms with E-state index in [0.29, 0.717) is 22.5 Å². The lowest BCUT2D eigenvalue weighted by Gasteiger charge is -2.39. The zero-order valence-electron chi connectivity index (χ0n) is 20.3. The summed E-state index contributed by atoms with van der Waals surface area (Å²) < 4.78 is 39.1. The Morgan fingerprint density at radius 1 is 1.00 bits per heavy atom. The van der Waals surface area contributed by atoms with Crippen LogP contribution >= 0.6 is 0 Å². The first-order chi connectivity index (χ1) is 15.1. The van der Waals surface area contributed by atoms with Crippen LogP contribution in [-0.4, -0.2) is 33.6 Å². The first-order valence-electron chi connectivity index (χ1n) is 11.1. The molecule has 0 bridgehead atoms. The minimum absolute atomic E-state index is 0.165. The van der Waals surface area contributed by atoms with Gasteiger partial charge < -0.3 is 10.1 Å². The van der Waals surface area contributed by atoms with Gasteiger partial charge in [-0.25, -0.2) is 4.98 Å². The molecular weight excluding hydrogens is 426 g/mol. The lowest BCUT2D eigenvalue weighted by atomic mass is 9.60. The highest BCUT2D eigenvalue weighted by molar-refractivity contribution is 6.58. The van der Waals surface area contributed by atoms with Gasteiger partial charge in [-0.2, -0.15) is 13.2 Å². The van der Waals surface area contributed by atoms with Crippen molar-refractivity contribution in [3.05, 3.63) is 59.3 Å². The fourth-order valence-electron chi connectivity index (χ4n) is 4.16. The molecule has 1 N–H and O–H groups in total. The molecule has 1 aromatic heterocycles. The molecule has 1 aromatic carbocycles. The van der Waals surface area contributed by atoms with Gasteiger partial charge in [-0.3, -0.25) is 4.79 Å². The first kappa shape index (κ1) is 24.9. The van der Waals surface area contributed by atoms with Crippen molar-refractivity contribution in [2.45, 2.75) is 71.9 Å². The number of benzene rings is 1. The minimum atomic E-state index is -4.41. The van der Waals surface area contributed by atoms with E-state index in [2.05, 4.69) is 43.8 Å². The third kappa shape index (κ3) is 5.78. The topological polar surface area (TPSA) is 45.2 Å². The number of halogens is 3. The van der Waals surface area contributed by atoms with Crippen LogP contribution in [0.25, 0.3) is 17.0 Å². The normalized spacial score (nSPS) is 15.0. The van der Waals surface area contributed by atoms with Crippen molar-refractivity contribution in [3.63, 3.8) is 0 Å². The monoisotopic (exact) mass is 457 g/mol. The smallest absolute Gasteiger partial charge is 0.409 e. The number of nitrogens with one attached hydrogen (secondary N) is 1. The van der Waals surface area contributed by atoms with Gasteiger partial charge in [0.2, 0.25) is 0 Å². The highest BCUT2D eigenvalue weighted by atomic mass is 19.4. The Labute approximate surface area is 194 Å². The number of pyridine rings is 1. The number of nitrogens with zero attached hydrogens (tertiary/aromatic N) is 2. The molecule has 0 saturated carbocycles. The largest absolute Gasteiger partial charge is 0.416 e. The van der Waals surface area contributed by atoms with Gasteiger partial charge in [-0.15, -0.1) is 0 Å². The van der Waals surface area contributed by atoms with Gasteiger partial charge in [0.05, 0.1) is 17.0 Å². The maximum Gasteiger partial charge on any atom is 0.416 e. The molecule has 0 aliphatic carbocycles. The number of aromatic nitrogens is 1. The second-order valence-electron chi connectivity index (χ2n) is 10.6. The standard InChI is InChI=1S/C25H31BF3N3O/c1-23(2,3)31-22(33)17-14-19(16-8-10-18(11-9-16)25(27,28)29)30-20(15-17)21-12-13-26(7)32(21)24(4,5)6/h8-12,14-15H,13H2,1-7H3,(H,31,33). The van der Waals surface area contributed by atoms with Crippen LogP contribution in [-0.2, 0) is 6.18 Å². The molecule has 3 rings (SSSR count). The Hall–Kier alpha value is -2.77. The minimum Gasteiger partial charge on any atom is -0.409 e. The SMILES string of the molecule is CB1CC=C(c2cc(C(=O)NC(C)(C)C)cc(-c3ccc(C(F)(F)F)cc3)n2)N1C(C)(C)C. The van der Waals surface area contributed by atoms with Gasteiger partial charge in [0.1, 0.15) is 0 Å². The number of alkyl halides is 3. The number of allylic oxidation sites excluding steroid dienone is 1. The molecule has 0 saturated heterocycles. The molecule has 1 aliphatic rings. The molecule has 176 valence electrons. The number of amides is 1. The highest BCUT2D eigenvalue weighted by Gasteiger charge is 2.35. The van der Waals surface area contributed by atoms with Gasteiger partial charge in [-0.05, 0) is 72.1 Å². The summed E-state index contributed by atoms with van der Waals surface area (Å²) in [7, 11) is 0. The fourth-order valence-corrected chi connectivity index (χ4v) is 4.16. The molecule has 0 spiro atoms. The molecule has 0 radical (unpaired) electrons. The Morgan fingerprint density at radius 2 is 1.58 bits per heavy atom. The molecule has 2 aromatic rings. The summed E-state index contributed by atoms with van der Waals surface area (Å²) in [5, 5.41) is 2.96. The number of hydrogen-bond acceptors (Lipinski definition) is 3. The number of hydrogen-bond donors (Lipinski definition) is 1. The van der Waals surface area contributed by atoms with Crippen LogP contribution in [0.4, 0.5) is 13.2 Å². The van der Waals surface area contributed by atoms with Crippen LogP contribution in [0.3, 0.4) is 0 Å². The second-order valence-corrected chi connectivity index (χ2v) is 10.6. The van der Waals surface area contributed by atoms with Crippen molar-refractivity contribution in [3.8, 4) is 11.3 Å². The van der Waals surface area contributed by atoms with Crippen molar-refractivity contribution in [1.82, 2.24) is 15.1 Å². The van der Waals surface area contributed by atoms with Gasteiger partial charge in [-0.1, -0.05) is 25.0 Å². The van der Waals surface area contributed by atoms with Crippen LogP contribution in [0.5, 0.6) is 0 Å². The van der Waals surface area contributed by atoms with Crippen LogP contribution < -0.4 is 5.32 Å². The number of carbonyl (C=O) groups is 1. The fraction of sp³-hybridized carbons (Fsp3) is 0.440. The molecule has 0 atom stereocenters. The van der Waals surface area contributed by atoms with Crippen LogP contribution in [0.2, 0.25) is 13.1 Å². The first-order valence-corrected chi connectivity index (χ1v) is 11.1. The summed E-state index contributed by atoms with van der Waals surface area (Å²) in [4.78, 5) is 20.1. The lowest BCUT2D eigenvalue weighted by molar-refractivity contribution is -0.137. The van der Waals surface area contributed by atoms with E-state index < -0.39 is 17.3 Å². The van der Waals surface area contributed by atoms with Gasteiger partial charge in [0.15, 0.2) is 0 Å². The van der Waals surface area contributed by atoms with E-state index in [9.17, 15) is 18.0 Å². The Balaban J connectivity index is 2.12. The summed E-state index contributed by atoms with van der Waals surface area (Å²) >= 11 is 0. The van der Waals surface area contributed by atoms with Crippen molar-refractivity contribution in [2.24, 2.45) is 0 Å². The maximum absolute atomic E-state index is 13.0. The number of rotatable bonds is 3. The Kier molecular flexibility index (Phi) is 6.44. The lowest BCUT2D eigenvalue weighted by Crippen LogP contribution is -2.45. The van der Waals surface area contributed by atoms with E-state index in [4.69, 9.17) is 4.98 Å². The summed E-state index contributed by atoms with van der Waals surface area (Å²) in [5.41, 5.74) is 1.62. The van der Waals surface area contributed by atoms with E-state index in [-0.39, 0.29) is 18.3 Å². The third-order valence-electron chi connectivity index (χ3n) is 5.42. The van der Waals surface area contributed by atoms with Crippen LogP contribution in [0.1, 0.15) is 63.2 Å². The van der Waals surface area contributed by atoms with E-state index in [1.807, 2.05) is 20.8 Å². The zero-order chi connectivity index (χ0) is 24.8. The van der Waals surface area contributed by atoms with Crippen molar-refractivity contribution in [1.29, 1.82) is 0 Å². The van der Waals surface area contributed by atoms with E-state index in [0.717, 1.165) is 24.1 Å². The predicted octanol–water partition coefficient (Wildman–Crippen LogP) is 6.37. The molecule has 8 heteroatoms. The van der Waals surface area contributed by atoms with E-state index in [1.54, 1.807) is 12.1 Å². The molecule has 2 heterocycles. The van der Waals surface area contributed by atoms with Gasteiger partial charge in [0, 0.05) is 27.9 Å². The summed E-state index contributed by atoms with van der Waals surface area (Å²) in [6.07, 6.45) is -1.45. The van der Waals surface area contributed by atoms with Crippen molar-refractivity contribution < 1.29 is 18.0 Å².